The fourth-order valence-corrected chi connectivity index (χ4v) is 3.22. The van der Waals surface area contributed by atoms with Gasteiger partial charge in [0.1, 0.15) is 0 Å². The van der Waals surface area contributed by atoms with E-state index in [0.29, 0.717) is 5.92 Å². The van der Waals surface area contributed by atoms with E-state index in [0.717, 1.165) is 31.4 Å². The van der Waals surface area contributed by atoms with Crippen LogP contribution in [0.15, 0.2) is 54.8 Å². The third-order valence-electron chi connectivity index (χ3n) is 4.16. The van der Waals surface area contributed by atoms with Crippen molar-refractivity contribution in [1.82, 2.24) is 4.98 Å². The Morgan fingerprint density at radius 3 is 3.15 bits per heavy atom. The van der Waals surface area contributed by atoms with Gasteiger partial charge in [0.15, 0.2) is 0 Å². The molecule has 1 heteroatoms. The maximum absolute atomic E-state index is 4.66. The number of rotatable bonds is 3. The molecule has 1 atom stereocenters. The number of pyridine rings is 1. The zero-order chi connectivity index (χ0) is 13.9. The molecule has 0 bridgehead atoms. The third-order valence-corrected chi connectivity index (χ3v) is 4.16. The highest BCUT2D eigenvalue weighted by molar-refractivity contribution is 5.87. The average molecular weight is 263 g/mol. The van der Waals surface area contributed by atoms with Gasteiger partial charge in [-0.3, -0.25) is 4.98 Å². The molecule has 2 aliphatic carbocycles. The van der Waals surface area contributed by atoms with Gasteiger partial charge in [-0.05, 0) is 54.4 Å². The molecular formula is C19H21N. The van der Waals surface area contributed by atoms with Gasteiger partial charge in [-0.15, -0.1) is 0 Å². The Morgan fingerprint density at radius 1 is 1.40 bits per heavy atom. The van der Waals surface area contributed by atoms with Crippen LogP contribution in [0.3, 0.4) is 0 Å². The van der Waals surface area contributed by atoms with Crippen LogP contribution in [-0.2, 0) is 0 Å². The standard InChI is InChI=1S/C19H21N/c1-3-4-5-8-15-9-6-10-16-13-14(2)17-11-7-12-20-19(17)18(15)16/h4-7,10-12,15H,2-3,8-9,13H2,1H3. The number of aromatic nitrogens is 1. The van der Waals surface area contributed by atoms with E-state index in [2.05, 4.69) is 48.9 Å². The molecular weight excluding hydrogens is 242 g/mol. The zero-order valence-corrected chi connectivity index (χ0v) is 12.1. The lowest BCUT2D eigenvalue weighted by Gasteiger charge is -2.30. The number of fused-ring (bicyclic) bond motifs is 2. The van der Waals surface area contributed by atoms with E-state index in [-0.39, 0.29) is 0 Å². The van der Waals surface area contributed by atoms with E-state index in [9.17, 15) is 0 Å². The van der Waals surface area contributed by atoms with Gasteiger partial charge < -0.3 is 0 Å². The topological polar surface area (TPSA) is 12.9 Å². The predicted octanol–water partition coefficient (Wildman–Crippen LogP) is 5.18. The molecule has 0 radical (unpaired) electrons. The van der Waals surface area contributed by atoms with Crippen LogP contribution in [0.1, 0.15) is 43.9 Å². The van der Waals surface area contributed by atoms with Gasteiger partial charge in [-0.25, -0.2) is 0 Å². The molecule has 0 spiro atoms. The first kappa shape index (κ1) is 13.1. The van der Waals surface area contributed by atoms with Crippen molar-refractivity contribution in [1.29, 1.82) is 0 Å². The Bertz CT molecular complexity index is 616. The van der Waals surface area contributed by atoms with E-state index >= 15 is 0 Å². The quantitative estimate of drug-likeness (QED) is 0.684. The summed E-state index contributed by atoms with van der Waals surface area (Å²) >= 11 is 0. The monoisotopic (exact) mass is 263 g/mol. The van der Waals surface area contributed by atoms with E-state index < -0.39 is 0 Å². The van der Waals surface area contributed by atoms with Crippen molar-refractivity contribution in [2.45, 2.75) is 32.6 Å². The smallest absolute Gasteiger partial charge is 0.0742 e. The van der Waals surface area contributed by atoms with Crippen molar-refractivity contribution in [3.63, 3.8) is 0 Å². The Kier molecular flexibility index (Phi) is 3.68. The summed E-state index contributed by atoms with van der Waals surface area (Å²) in [6.45, 7) is 6.41. The molecule has 20 heavy (non-hydrogen) atoms. The molecule has 1 aromatic rings. The van der Waals surface area contributed by atoms with Crippen LogP contribution in [-0.4, -0.2) is 4.98 Å². The summed E-state index contributed by atoms with van der Waals surface area (Å²) < 4.78 is 0. The third kappa shape index (κ3) is 2.29. The van der Waals surface area contributed by atoms with Crippen molar-refractivity contribution in [3.05, 3.63) is 66.0 Å². The van der Waals surface area contributed by atoms with Crippen LogP contribution in [0.4, 0.5) is 0 Å². The van der Waals surface area contributed by atoms with Crippen LogP contribution in [0.25, 0.3) is 11.1 Å². The molecule has 0 aromatic carbocycles. The summed E-state index contributed by atoms with van der Waals surface area (Å²) in [7, 11) is 0. The first-order valence-electron chi connectivity index (χ1n) is 7.49. The molecule has 0 aliphatic heterocycles. The van der Waals surface area contributed by atoms with Crippen LogP contribution in [0.2, 0.25) is 0 Å². The summed E-state index contributed by atoms with van der Waals surface area (Å²) in [5.41, 5.74) is 6.48. The molecule has 1 unspecified atom stereocenters. The Balaban J connectivity index is 2.02. The molecule has 1 aromatic heterocycles. The van der Waals surface area contributed by atoms with Gasteiger partial charge >= 0.3 is 0 Å². The van der Waals surface area contributed by atoms with Crippen molar-refractivity contribution in [3.8, 4) is 0 Å². The first-order chi connectivity index (χ1) is 9.81. The highest BCUT2D eigenvalue weighted by Gasteiger charge is 2.27. The molecule has 0 saturated heterocycles. The van der Waals surface area contributed by atoms with Crippen LogP contribution >= 0.6 is 0 Å². The summed E-state index contributed by atoms with van der Waals surface area (Å²) in [6, 6.07) is 4.17. The highest BCUT2D eigenvalue weighted by atomic mass is 14.7. The van der Waals surface area contributed by atoms with Crippen molar-refractivity contribution < 1.29 is 0 Å². The van der Waals surface area contributed by atoms with E-state index in [1.807, 2.05) is 12.3 Å². The summed E-state index contributed by atoms with van der Waals surface area (Å²) in [4.78, 5) is 4.66. The Hall–Kier alpha value is -1.89. The second kappa shape index (κ2) is 5.62. The van der Waals surface area contributed by atoms with Gasteiger partial charge in [-0.2, -0.15) is 0 Å². The molecule has 0 saturated carbocycles. The summed E-state index contributed by atoms with van der Waals surface area (Å²) in [6.07, 6.45) is 15.4. The molecule has 2 aliphatic rings. The van der Waals surface area contributed by atoms with Gasteiger partial charge in [0.05, 0.1) is 5.69 Å². The van der Waals surface area contributed by atoms with Gasteiger partial charge in [-0.1, -0.05) is 43.9 Å². The lowest BCUT2D eigenvalue weighted by molar-refractivity contribution is 0.676. The van der Waals surface area contributed by atoms with E-state index in [1.165, 1.54) is 22.3 Å². The fourth-order valence-electron chi connectivity index (χ4n) is 3.22. The van der Waals surface area contributed by atoms with Crippen LogP contribution in [0.5, 0.6) is 0 Å². The van der Waals surface area contributed by atoms with Crippen molar-refractivity contribution in [2.24, 2.45) is 5.92 Å². The minimum absolute atomic E-state index is 0.569. The normalized spacial score (nSPS) is 21.2. The van der Waals surface area contributed by atoms with E-state index in [4.69, 9.17) is 0 Å². The summed E-state index contributed by atoms with van der Waals surface area (Å²) in [5, 5.41) is 0. The van der Waals surface area contributed by atoms with Crippen molar-refractivity contribution >= 4 is 11.1 Å². The average Bonchev–Trinajstić information content (AvgIpc) is 2.48. The molecule has 0 amide bonds. The lowest BCUT2D eigenvalue weighted by Crippen LogP contribution is -2.14. The van der Waals surface area contributed by atoms with Gasteiger partial charge in [0.2, 0.25) is 0 Å². The second-order valence-corrected chi connectivity index (χ2v) is 5.57. The molecule has 3 rings (SSSR count). The maximum atomic E-state index is 4.66. The fraction of sp³-hybridized carbons (Fsp3) is 0.316. The van der Waals surface area contributed by atoms with E-state index in [1.54, 1.807) is 0 Å². The predicted molar refractivity (Wildman–Crippen MR) is 86.1 cm³/mol. The van der Waals surface area contributed by atoms with Gasteiger partial charge in [0.25, 0.3) is 0 Å². The minimum atomic E-state index is 0.569. The van der Waals surface area contributed by atoms with Gasteiger partial charge in [0, 0.05) is 11.8 Å². The first-order valence-corrected chi connectivity index (χ1v) is 7.49. The summed E-state index contributed by atoms with van der Waals surface area (Å²) in [5.74, 6) is 0.569. The van der Waals surface area contributed by atoms with Crippen molar-refractivity contribution in [2.75, 3.05) is 0 Å². The Labute approximate surface area is 121 Å². The van der Waals surface area contributed by atoms with Crippen LogP contribution in [0, 0.1) is 5.92 Å². The lowest BCUT2D eigenvalue weighted by atomic mass is 9.75. The maximum Gasteiger partial charge on any atom is 0.0742 e. The largest absolute Gasteiger partial charge is 0.256 e. The molecule has 1 heterocycles. The number of hydrogen-bond acceptors (Lipinski definition) is 1. The van der Waals surface area contributed by atoms with Crippen LogP contribution < -0.4 is 0 Å². The Morgan fingerprint density at radius 2 is 2.30 bits per heavy atom. The molecule has 0 fully saturated rings. The minimum Gasteiger partial charge on any atom is -0.256 e. The highest BCUT2D eigenvalue weighted by Crippen LogP contribution is 2.44. The zero-order valence-electron chi connectivity index (χ0n) is 12.1. The molecule has 1 nitrogen and oxygen atoms in total. The SMILES string of the molecule is C=C1CC2=C(c3ncccc31)C(CC=CCC)CC=C2. The second-order valence-electron chi connectivity index (χ2n) is 5.57. The molecule has 0 N–H and O–H groups in total. The number of allylic oxidation sites excluding steroid dienone is 7. The number of hydrogen-bond donors (Lipinski definition) is 0. The molecule has 102 valence electrons. The number of nitrogens with zero attached hydrogens (tertiary/aromatic N) is 1.